The van der Waals surface area contributed by atoms with E-state index in [1.165, 1.54) is 46.0 Å². The maximum atomic E-state index is 14.7. The lowest BCUT2D eigenvalue weighted by Crippen LogP contribution is -2.53. The van der Waals surface area contributed by atoms with Crippen LogP contribution in [0, 0.1) is 16.7 Å². The van der Waals surface area contributed by atoms with Crippen LogP contribution in [0.4, 0.5) is 5.69 Å². The Balaban J connectivity index is 1.25. The number of nitrogens with one attached hydrogen (secondary N) is 2. The second-order valence-corrected chi connectivity index (χ2v) is 15.0. The number of primary amides is 1. The molecule has 1 aromatic heterocycles. The van der Waals surface area contributed by atoms with Crippen LogP contribution in [0.25, 0.3) is 0 Å². The van der Waals surface area contributed by atoms with Gasteiger partial charge in [0, 0.05) is 42.3 Å². The van der Waals surface area contributed by atoms with Crippen LogP contribution in [0.2, 0.25) is 10.0 Å². The molecule has 4 atom stereocenters. The highest BCUT2D eigenvalue weighted by Crippen LogP contribution is 2.57. The largest absolute Gasteiger partial charge is 0.477 e. The third kappa shape index (κ3) is 5.99. The average molecular weight is 758 g/mol. The summed E-state index contributed by atoms with van der Waals surface area (Å²) in [5.41, 5.74) is 4.30. The number of carboxylic acid groups (broad SMARTS) is 1. The molecule has 0 bridgehead atoms. The maximum absolute atomic E-state index is 14.7. The van der Waals surface area contributed by atoms with E-state index >= 15 is 0 Å². The van der Waals surface area contributed by atoms with E-state index < -0.39 is 52.5 Å². The number of nitriles is 1. The standard InChI is InChI=1S/C37H34Cl2N8O6/c1-20(48)43-18-23-7-10-42-28(11-23)36(8-9-36)44-32(52)37(31(41)51)16-29(37)45-19-27(30(49)50)47-34(45)46(26-13-24(38)12-25(39)14-26)33(53)35(47,2)15-21-3-5-22(17-40)6-4-21/h3-7,10-14,19,29,34H,8-9,15-16,18H2,1-2H3,(H2,41,51)(H,43,48)(H,44,52)(H,49,50)/t29?,34?,35-,37?/m1/s1. The van der Waals surface area contributed by atoms with E-state index in [1.54, 1.807) is 49.5 Å². The van der Waals surface area contributed by atoms with Gasteiger partial charge in [0.15, 0.2) is 6.29 Å². The monoisotopic (exact) mass is 756 g/mol. The number of hydrogen-bond acceptors (Lipinski definition) is 9. The van der Waals surface area contributed by atoms with Crippen LogP contribution in [0.5, 0.6) is 0 Å². The molecule has 3 heterocycles. The molecule has 272 valence electrons. The van der Waals surface area contributed by atoms with Crippen LogP contribution in [-0.4, -0.2) is 67.4 Å². The topological polar surface area (TPSA) is 202 Å². The molecule has 2 aliphatic heterocycles. The normalized spacial score (nSPS) is 24.9. The minimum absolute atomic E-state index is 0.0416. The highest BCUT2D eigenvalue weighted by Gasteiger charge is 2.72. The molecule has 1 saturated heterocycles. The number of anilines is 1. The molecule has 14 nitrogen and oxygen atoms in total. The van der Waals surface area contributed by atoms with Gasteiger partial charge in [-0.05, 0) is 79.8 Å². The first-order valence-corrected chi connectivity index (χ1v) is 17.5. The number of rotatable bonds is 11. The van der Waals surface area contributed by atoms with Gasteiger partial charge in [-0.25, -0.2) is 4.79 Å². The van der Waals surface area contributed by atoms with E-state index in [0.717, 1.165) is 5.56 Å². The zero-order valence-electron chi connectivity index (χ0n) is 28.6. The van der Waals surface area contributed by atoms with Crippen molar-refractivity contribution in [2.75, 3.05) is 4.90 Å². The van der Waals surface area contributed by atoms with Gasteiger partial charge in [0.1, 0.15) is 16.7 Å². The number of halogens is 2. The summed E-state index contributed by atoms with van der Waals surface area (Å²) in [6.07, 6.45) is 2.85. The number of carbonyl (C=O) groups excluding carboxylic acids is 4. The SMILES string of the molecule is CC(=O)NCc1ccnc(C2(NC(=O)C3(C(N)=O)CC3N3C=C(C(=O)O)N4C3N(c3cc(Cl)cc(Cl)c3)C(=O)[C@@]4(C)Cc3ccc(C#N)cc3)CC2)c1. The lowest BCUT2D eigenvalue weighted by Gasteiger charge is -2.37. The lowest BCUT2D eigenvalue weighted by molar-refractivity contribution is -0.138. The predicted molar refractivity (Wildman–Crippen MR) is 191 cm³/mol. The van der Waals surface area contributed by atoms with Gasteiger partial charge in [0.25, 0.3) is 5.91 Å². The van der Waals surface area contributed by atoms with Gasteiger partial charge in [0.2, 0.25) is 17.7 Å². The molecule has 53 heavy (non-hydrogen) atoms. The first-order valence-electron chi connectivity index (χ1n) is 16.8. The summed E-state index contributed by atoms with van der Waals surface area (Å²) in [6, 6.07) is 15.8. The number of nitrogens with zero attached hydrogens (tertiary/aromatic N) is 5. The summed E-state index contributed by atoms with van der Waals surface area (Å²) in [4.78, 5) is 75.7. The summed E-state index contributed by atoms with van der Waals surface area (Å²) in [5.74, 6) is -3.57. The van der Waals surface area contributed by atoms with Crippen LogP contribution in [0.1, 0.15) is 55.5 Å². The Labute approximate surface area is 314 Å². The smallest absolute Gasteiger partial charge is 0.353 e. The summed E-state index contributed by atoms with van der Waals surface area (Å²) in [7, 11) is 0. The van der Waals surface area contributed by atoms with Gasteiger partial charge in [-0.3, -0.25) is 29.1 Å². The van der Waals surface area contributed by atoms with Crippen LogP contribution in [-0.2, 0) is 42.5 Å². The van der Waals surface area contributed by atoms with Crippen molar-refractivity contribution in [1.82, 2.24) is 25.4 Å². The molecular weight excluding hydrogens is 723 g/mol. The summed E-state index contributed by atoms with van der Waals surface area (Å²) >= 11 is 12.8. The number of carboxylic acids is 1. The Morgan fingerprint density at radius 1 is 1.06 bits per heavy atom. The number of nitrogens with two attached hydrogens (primary N) is 1. The molecule has 16 heteroatoms. The van der Waals surface area contributed by atoms with Gasteiger partial charge >= 0.3 is 5.97 Å². The van der Waals surface area contributed by atoms with Crippen molar-refractivity contribution in [3.05, 3.63) is 105 Å². The number of aliphatic carboxylic acids is 1. The quantitative estimate of drug-likeness (QED) is 0.211. The van der Waals surface area contributed by atoms with Crippen LogP contribution < -0.4 is 21.3 Å². The minimum atomic E-state index is -1.79. The van der Waals surface area contributed by atoms with Crippen molar-refractivity contribution in [1.29, 1.82) is 5.26 Å². The van der Waals surface area contributed by atoms with Crippen molar-refractivity contribution < 1.29 is 29.1 Å². The molecule has 7 rings (SSSR count). The average Bonchev–Trinajstić information content (AvgIpc) is 4.01. The van der Waals surface area contributed by atoms with E-state index in [0.29, 0.717) is 29.7 Å². The first-order chi connectivity index (χ1) is 25.1. The molecule has 2 aliphatic carbocycles. The zero-order chi connectivity index (χ0) is 38.0. The third-order valence-corrected chi connectivity index (χ3v) is 11.0. The van der Waals surface area contributed by atoms with E-state index in [9.17, 15) is 34.3 Å². The number of aromatic nitrogens is 1. The number of carbonyl (C=O) groups is 5. The van der Waals surface area contributed by atoms with Crippen molar-refractivity contribution in [3.8, 4) is 6.07 Å². The predicted octanol–water partition coefficient (Wildman–Crippen LogP) is 3.12. The molecular formula is C37H34Cl2N8O6. The first kappa shape index (κ1) is 35.7. The molecule has 5 N–H and O–H groups in total. The molecule has 4 aliphatic rings. The second-order valence-electron chi connectivity index (χ2n) is 14.1. The molecule has 3 unspecified atom stereocenters. The summed E-state index contributed by atoms with van der Waals surface area (Å²) in [6.45, 7) is 3.30. The molecule has 0 spiro atoms. The van der Waals surface area contributed by atoms with E-state index in [1.807, 2.05) is 0 Å². The maximum Gasteiger partial charge on any atom is 0.353 e. The Bertz CT molecular complexity index is 2150. The van der Waals surface area contributed by atoms with E-state index in [4.69, 9.17) is 28.9 Å². The van der Waals surface area contributed by atoms with Crippen molar-refractivity contribution in [3.63, 3.8) is 0 Å². The van der Waals surface area contributed by atoms with Gasteiger partial charge in [-0.1, -0.05) is 35.3 Å². The van der Waals surface area contributed by atoms with Crippen molar-refractivity contribution >= 4 is 58.5 Å². The summed E-state index contributed by atoms with van der Waals surface area (Å²) in [5, 5.41) is 26.1. The number of hydrogen-bond donors (Lipinski definition) is 4. The Morgan fingerprint density at radius 3 is 2.32 bits per heavy atom. The minimum Gasteiger partial charge on any atom is -0.477 e. The Morgan fingerprint density at radius 2 is 1.74 bits per heavy atom. The third-order valence-electron chi connectivity index (χ3n) is 10.5. The molecule has 2 aromatic carbocycles. The molecule has 3 aromatic rings. The fourth-order valence-corrected chi connectivity index (χ4v) is 8.07. The zero-order valence-corrected chi connectivity index (χ0v) is 30.1. The Kier molecular flexibility index (Phi) is 8.62. The number of benzene rings is 2. The number of pyridine rings is 1. The number of amides is 4. The van der Waals surface area contributed by atoms with Crippen LogP contribution in [0.3, 0.4) is 0 Å². The highest BCUT2D eigenvalue weighted by atomic mass is 35.5. The highest BCUT2D eigenvalue weighted by molar-refractivity contribution is 6.35. The fourth-order valence-electron chi connectivity index (χ4n) is 7.56. The second kappa shape index (κ2) is 12.8. The molecule has 3 fully saturated rings. The number of fused-ring (bicyclic) bond motifs is 1. The van der Waals surface area contributed by atoms with Gasteiger partial charge < -0.3 is 31.3 Å². The van der Waals surface area contributed by atoms with Crippen LogP contribution >= 0.6 is 23.2 Å². The van der Waals surface area contributed by atoms with Crippen molar-refractivity contribution in [2.24, 2.45) is 11.1 Å². The molecule has 0 radical (unpaired) electrons. The fraction of sp³-hybridized carbons (Fsp3) is 0.324. The van der Waals surface area contributed by atoms with Gasteiger partial charge in [-0.15, -0.1) is 0 Å². The molecule has 4 amide bonds. The van der Waals surface area contributed by atoms with E-state index in [-0.39, 0.29) is 46.7 Å². The lowest BCUT2D eigenvalue weighted by atomic mass is 9.90. The molecule has 2 saturated carbocycles. The van der Waals surface area contributed by atoms with Gasteiger partial charge in [-0.2, -0.15) is 5.26 Å². The van der Waals surface area contributed by atoms with Crippen LogP contribution in [0.15, 0.2) is 72.7 Å². The Hall–Kier alpha value is -5.65. The van der Waals surface area contributed by atoms with Gasteiger partial charge in [0.05, 0.1) is 34.6 Å². The van der Waals surface area contributed by atoms with Crippen molar-refractivity contribution in [2.45, 2.75) is 69.5 Å². The summed E-state index contributed by atoms with van der Waals surface area (Å²) < 4.78 is 0. The van der Waals surface area contributed by atoms with E-state index in [2.05, 4.69) is 21.7 Å².